The van der Waals surface area contributed by atoms with Gasteiger partial charge in [-0.05, 0) is 55.6 Å². The number of ether oxygens (including phenoxy) is 1. The molecule has 2 heteroatoms. The van der Waals surface area contributed by atoms with Gasteiger partial charge < -0.3 is 4.74 Å². The molecule has 1 heterocycles. The molecule has 0 amide bonds. The third-order valence-corrected chi connectivity index (χ3v) is 5.09. The highest BCUT2D eigenvalue weighted by atomic mass is 32.2. The largest absolute Gasteiger partial charge is 0.378 e. The molecule has 1 saturated heterocycles. The van der Waals surface area contributed by atoms with Crippen LogP contribution in [0.2, 0.25) is 0 Å². The van der Waals surface area contributed by atoms with Crippen LogP contribution in [-0.2, 0) is 11.2 Å². The number of hydrogen-bond donors (Lipinski definition) is 0. The van der Waals surface area contributed by atoms with Crippen molar-refractivity contribution in [3.63, 3.8) is 0 Å². The van der Waals surface area contributed by atoms with E-state index in [2.05, 4.69) is 42.1 Å². The fourth-order valence-corrected chi connectivity index (χ4v) is 3.71. The molecular weight excluding hydrogens is 264 g/mol. The Bertz CT molecular complexity index is 333. The molecule has 0 aliphatic carbocycles. The lowest BCUT2D eigenvalue weighted by Crippen LogP contribution is -2.03. The second-order valence-electron chi connectivity index (χ2n) is 5.69. The van der Waals surface area contributed by atoms with Gasteiger partial charge in [0.15, 0.2) is 0 Å². The lowest BCUT2D eigenvalue weighted by atomic mass is 10.1. The summed E-state index contributed by atoms with van der Waals surface area (Å²) >= 11 is 2.12. The van der Waals surface area contributed by atoms with E-state index >= 15 is 0 Å². The molecule has 1 unspecified atom stereocenters. The summed E-state index contributed by atoms with van der Waals surface area (Å²) in [6.07, 6.45) is 11.1. The molecular formula is C18H28OS. The molecule has 1 aromatic rings. The average Bonchev–Trinajstić information content (AvgIpc) is 3.00. The Hall–Kier alpha value is -0.470. The minimum Gasteiger partial charge on any atom is -0.378 e. The average molecular weight is 292 g/mol. The van der Waals surface area contributed by atoms with E-state index in [0.717, 1.165) is 6.61 Å². The zero-order valence-electron chi connectivity index (χ0n) is 12.6. The monoisotopic (exact) mass is 292 g/mol. The third-order valence-electron chi connectivity index (χ3n) is 3.94. The number of hydrogen-bond acceptors (Lipinski definition) is 2. The van der Waals surface area contributed by atoms with Gasteiger partial charge in [-0.25, -0.2) is 0 Å². The van der Waals surface area contributed by atoms with Crippen LogP contribution in [0.1, 0.15) is 50.5 Å². The second kappa shape index (κ2) is 10.3. The number of thioether (sulfide) groups is 1. The molecule has 0 radical (unpaired) electrons. The first-order valence-electron chi connectivity index (χ1n) is 8.18. The Morgan fingerprint density at radius 3 is 2.65 bits per heavy atom. The summed E-state index contributed by atoms with van der Waals surface area (Å²) in [5.74, 6) is 2.64. The van der Waals surface area contributed by atoms with Crippen molar-refractivity contribution in [2.45, 2.75) is 57.5 Å². The van der Waals surface area contributed by atoms with E-state index in [-0.39, 0.29) is 0 Å². The number of benzene rings is 1. The van der Waals surface area contributed by atoms with Crippen molar-refractivity contribution in [1.82, 2.24) is 0 Å². The van der Waals surface area contributed by atoms with Crippen molar-refractivity contribution < 1.29 is 4.74 Å². The summed E-state index contributed by atoms with van der Waals surface area (Å²) in [6.45, 7) is 1.00. The van der Waals surface area contributed by atoms with E-state index in [1.807, 2.05) is 0 Å². The molecule has 1 aromatic carbocycles. The Balaban J connectivity index is 1.35. The highest BCUT2D eigenvalue weighted by Gasteiger charge is 2.14. The molecule has 0 spiro atoms. The molecule has 1 aliphatic heterocycles. The van der Waals surface area contributed by atoms with Crippen LogP contribution in [-0.4, -0.2) is 24.2 Å². The maximum absolute atomic E-state index is 5.65. The van der Waals surface area contributed by atoms with Crippen molar-refractivity contribution in [2.24, 2.45) is 0 Å². The smallest absolute Gasteiger partial charge is 0.0576 e. The van der Waals surface area contributed by atoms with Gasteiger partial charge in [-0.3, -0.25) is 0 Å². The molecule has 0 saturated carbocycles. The topological polar surface area (TPSA) is 9.23 Å². The summed E-state index contributed by atoms with van der Waals surface area (Å²) in [5.41, 5.74) is 1.48. The highest BCUT2D eigenvalue weighted by Crippen LogP contribution is 2.18. The summed E-state index contributed by atoms with van der Waals surface area (Å²) in [4.78, 5) is 0. The Morgan fingerprint density at radius 2 is 1.85 bits per heavy atom. The van der Waals surface area contributed by atoms with E-state index in [9.17, 15) is 0 Å². The first kappa shape index (κ1) is 15.9. The van der Waals surface area contributed by atoms with Crippen LogP contribution in [0.3, 0.4) is 0 Å². The van der Waals surface area contributed by atoms with E-state index in [0.29, 0.717) is 6.10 Å². The molecule has 1 aliphatic rings. The van der Waals surface area contributed by atoms with Crippen LogP contribution in [0.5, 0.6) is 0 Å². The van der Waals surface area contributed by atoms with Gasteiger partial charge >= 0.3 is 0 Å². The fraction of sp³-hybridized carbons (Fsp3) is 0.667. The first-order chi connectivity index (χ1) is 9.95. The molecule has 0 aromatic heterocycles. The van der Waals surface area contributed by atoms with Gasteiger partial charge in [-0.1, -0.05) is 43.2 Å². The Labute approximate surface area is 128 Å². The van der Waals surface area contributed by atoms with Gasteiger partial charge in [0, 0.05) is 6.61 Å². The predicted octanol–water partition coefficient (Wildman–Crippen LogP) is 5.09. The highest BCUT2D eigenvalue weighted by molar-refractivity contribution is 7.99. The minimum absolute atomic E-state index is 0.591. The van der Waals surface area contributed by atoms with Crippen LogP contribution >= 0.6 is 11.8 Å². The molecule has 112 valence electrons. The van der Waals surface area contributed by atoms with Crippen molar-refractivity contribution >= 4 is 11.8 Å². The van der Waals surface area contributed by atoms with Crippen molar-refractivity contribution in [1.29, 1.82) is 0 Å². The summed E-state index contributed by atoms with van der Waals surface area (Å²) in [6, 6.07) is 10.8. The molecule has 1 nitrogen and oxygen atoms in total. The Morgan fingerprint density at radius 1 is 1.00 bits per heavy atom. The molecule has 1 fully saturated rings. The van der Waals surface area contributed by atoms with Gasteiger partial charge in [0.25, 0.3) is 0 Å². The maximum Gasteiger partial charge on any atom is 0.0576 e. The number of aryl methyl sites for hydroxylation is 1. The van der Waals surface area contributed by atoms with Gasteiger partial charge in [-0.2, -0.15) is 11.8 Å². The summed E-state index contributed by atoms with van der Waals surface area (Å²) in [5, 5.41) is 0. The van der Waals surface area contributed by atoms with Crippen molar-refractivity contribution in [3.05, 3.63) is 35.9 Å². The zero-order valence-corrected chi connectivity index (χ0v) is 13.4. The standard InChI is InChI=1S/C18H28OS/c1-3-9-17(10-4-1)11-8-16-20-15-6-2-5-12-18-13-7-14-19-18/h1,3-4,9-10,18H,2,5-8,11-16H2. The normalized spacial score (nSPS) is 18.5. The maximum atomic E-state index is 5.65. The SMILES string of the molecule is c1ccc(CCCSCCCCCC2CCCO2)cc1. The summed E-state index contributed by atoms with van der Waals surface area (Å²) in [7, 11) is 0. The first-order valence-corrected chi connectivity index (χ1v) is 9.34. The predicted molar refractivity (Wildman–Crippen MR) is 89.5 cm³/mol. The quantitative estimate of drug-likeness (QED) is 0.555. The van der Waals surface area contributed by atoms with Crippen LogP contribution in [0.25, 0.3) is 0 Å². The number of unbranched alkanes of at least 4 members (excludes halogenated alkanes) is 2. The van der Waals surface area contributed by atoms with E-state index in [1.54, 1.807) is 0 Å². The third kappa shape index (κ3) is 6.81. The molecule has 0 N–H and O–H groups in total. The van der Waals surface area contributed by atoms with Gasteiger partial charge in [0.05, 0.1) is 6.10 Å². The molecule has 2 rings (SSSR count). The van der Waals surface area contributed by atoms with Gasteiger partial charge in [0.1, 0.15) is 0 Å². The van der Waals surface area contributed by atoms with Crippen LogP contribution in [0.15, 0.2) is 30.3 Å². The van der Waals surface area contributed by atoms with E-state index in [4.69, 9.17) is 4.74 Å². The fourth-order valence-electron chi connectivity index (χ4n) is 2.75. The molecule has 0 bridgehead atoms. The van der Waals surface area contributed by atoms with Crippen LogP contribution in [0, 0.1) is 0 Å². The van der Waals surface area contributed by atoms with Gasteiger partial charge in [-0.15, -0.1) is 0 Å². The molecule has 1 atom stereocenters. The molecule has 20 heavy (non-hydrogen) atoms. The van der Waals surface area contributed by atoms with Gasteiger partial charge in [0.2, 0.25) is 0 Å². The lowest BCUT2D eigenvalue weighted by molar-refractivity contribution is 0.102. The van der Waals surface area contributed by atoms with E-state index in [1.165, 1.54) is 68.4 Å². The number of rotatable bonds is 10. The van der Waals surface area contributed by atoms with Crippen molar-refractivity contribution in [2.75, 3.05) is 18.1 Å². The van der Waals surface area contributed by atoms with Crippen molar-refractivity contribution in [3.8, 4) is 0 Å². The van der Waals surface area contributed by atoms with Crippen LogP contribution < -0.4 is 0 Å². The van der Waals surface area contributed by atoms with Crippen LogP contribution in [0.4, 0.5) is 0 Å². The summed E-state index contributed by atoms with van der Waals surface area (Å²) < 4.78 is 5.65. The Kier molecular flexibility index (Phi) is 8.18. The second-order valence-corrected chi connectivity index (χ2v) is 6.91. The minimum atomic E-state index is 0.591. The van der Waals surface area contributed by atoms with E-state index < -0.39 is 0 Å². The zero-order chi connectivity index (χ0) is 13.9. The lowest BCUT2D eigenvalue weighted by Gasteiger charge is -2.08.